The van der Waals surface area contributed by atoms with Gasteiger partial charge in [-0.05, 0) is 30.7 Å². The van der Waals surface area contributed by atoms with E-state index in [1.165, 1.54) is 18.3 Å². The number of amides is 1. The molecule has 0 aliphatic rings. The maximum absolute atomic E-state index is 13.0. The number of aromatic amines is 1. The van der Waals surface area contributed by atoms with Crippen molar-refractivity contribution in [3.63, 3.8) is 0 Å². The fourth-order valence-corrected chi connectivity index (χ4v) is 4.26. The number of fused-ring (bicyclic) bond motifs is 1. The van der Waals surface area contributed by atoms with Crippen molar-refractivity contribution in [1.82, 2.24) is 10.2 Å². The Kier molecular flexibility index (Phi) is 4.82. The fourth-order valence-electron chi connectivity index (χ4n) is 3.20. The smallest absolute Gasteiger partial charge is 0.273 e. The van der Waals surface area contributed by atoms with Gasteiger partial charge in [0, 0.05) is 29.1 Å². The van der Waals surface area contributed by atoms with Crippen LogP contribution < -0.4 is 10.9 Å². The second-order valence-corrected chi connectivity index (χ2v) is 7.59. The van der Waals surface area contributed by atoms with Crippen LogP contribution in [0.25, 0.3) is 21.2 Å². The minimum absolute atomic E-state index is 0.152. The third-order valence-corrected chi connectivity index (χ3v) is 5.50. The molecule has 2 heterocycles. The largest absolute Gasteiger partial charge is 0.326 e. The molecule has 0 unspecified atom stereocenters. The van der Waals surface area contributed by atoms with E-state index in [0.29, 0.717) is 21.3 Å². The molecule has 6 nitrogen and oxygen atoms in total. The van der Waals surface area contributed by atoms with E-state index in [1.807, 2.05) is 36.6 Å². The summed E-state index contributed by atoms with van der Waals surface area (Å²) in [6.07, 6.45) is 0. The molecule has 2 aromatic heterocycles. The van der Waals surface area contributed by atoms with E-state index in [-0.39, 0.29) is 22.9 Å². The average Bonchev–Trinajstić information content (AvgIpc) is 3.14. The van der Waals surface area contributed by atoms with Crippen LogP contribution in [0.3, 0.4) is 0 Å². The molecule has 144 valence electrons. The molecule has 2 N–H and O–H groups in total. The fraction of sp³-hybridized carbons (Fsp3) is 0.0909. The molecule has 29 heavy (non-hydrogen) atoms. The van der Waals surface area contributed by atoms with Gasteiger partial charge in [-0.2, -0.15) is 5.10 Å². The summed E-state index contributed by atoms with van der Waals surface area (Å²) in [5.41, 5.74) is 3.60. The molecule has 0 aliphatic carbocycles. The standard InChI is InChI=1S/C22H17N3O3S/c1-12-4-3-5-15(10-12)20(27)19-21-18(22(28)25-24-19)17(11-29-21)14-6-8-16(9-7-14)23-13(2)26/h3-11H,1-2H3,(H,23,26)(H,25,28). The number of hydrogen-bond acceptors (Lipinski definition) is 5. The first-order chi connectivity index (χ1) is 13.9. The first kappa shape index (κ1) is 18.8. The molecule has 4 aromatic rings. The predicted molar refractivity (Wildman–Crippen MR) is 115 cm³/mol. The summed E-state index contributed by atoms with van der Waals surface area (Å²) in [5, 5.41) is 11.5. The number of nitrogens with one attached hydrogen (secondary N) is 2. The molecule has 1 amide bonds. The highest BCUT2D eigenvalue weighted by Gasteiger charge is 2.20. The molecule has 0 aliphatic heterocycles. The van der Waals surface area contributed by atoms with Crippen LogP contribution in [-0.2, 0) is 4.79 Å². The molecule has 0 fully saturated rings. The molecule has 0 atom stereocenters. The van der Waals surface area contributed by atoms with Gasteiger partial charge in [-0.3, -0.25) is 14.4 Å². The number of aryl methyl sites for hydroxylation is 1. The highest BCUT2D eigenvalue weighted by molar-refractivity contribution is 7.18. The summed E-state index contributed by atoms with van der Waals surface area (Å²) < 4.78 is 0.557. The molecule has 7 heteroatoms. The number of benzene rings is 2. The number of carbonyl (C=O) groups is 2. The Balaban J connectivity index is 1.81. The zero-order valence-corrected chi connectivity index (χ0v) is 16.6. The summed E-state index contributed by atoms with van der Waals surface area (Å²) in [7, 11) is 0. The first-order valence-electron chi connectivity index (χ1n) is 8.93. The number of ketones is 1. The van der Waals surface area contributed by atoms with Crippen molar-refractivity contribution < 1.29 is 9.59 Å². The van der Waals surface area contributed by atoms with Crippen molar-refractivity contribution in [1.29, 1.82) is 0 Å². The average molecular weight is 403 g/mol. The van der Waals surface area contributed by atoms with Crippen LogP contribution in [0.15, 0.2) is 58.7 Å². The van der Waals surface area contributed by atoms with E-state index in [9.17, 15) is 14.4 Å². The van der Waals surface area contributed by atoms with Crippen LogP contribution in [-0.4, -0.2) is 21.9 Å². The number of thiophene rings is 1. The zero-order valence-electron chi connectivity index (χ0n) is 15.8. The lowest BCUT2D eigenvalue weighted by atomic mass is 10.0. The van der Waals surface area contributed by atoms with Crippen LogP contribution >= 0.6 is 11.3 Å². The van der Waals surface area contributed by atoms with Gasteiger partial charge in [0.1, 0.15) is 5.69 Å². The molecular weight excluding hydrogens is 386 g/mol. The quantitative estimate of drug-likeness (QED) is 0.501. The van der Waals surface area contributed by atoms with E-state index in [0.717, 1.165) is 16.7 Å². The van der Waals surface area contributed by atoms with Crippen LogP contribution in [0.4, 0.5) is 5.69 Å². The van der Waals surface area contributed by atoms with Crippen molar-refractivity contribution >= 4 is 38.8 Å². The summed E-state index contributed by atoms with van der Waals surface area (Å²) >= 11 is 1.32. The molecule has 0 saturated heterocycles. The molecule has 2 aromatic carbocycles. The van der Waals surface area contributed by atoms with E-state index >= 15 is 0 Å². The van der Waals surface area contributed by atoms with Gasteiger partial charge >= 0.3 is 0 Å². The van der Waals surface area contributed by atoms with E-state index in [2.05, 4.69) is 15.5 Å². The van der Waals surface area contributed by atoms with Gasteiger partial charge in [0.05, 0.1) is 10.1 Å². The number of rotatable bonds is 4. The maximum atomic E-state index is 13.0. The van der Waals surface area contributed by atoms with Gasteiger partial charge in [0.25, 0.3) is 5.56 Å². The van der Waals surface area contributed by atoms with Gasteiger partial charge in [0.15, 0.2) is 0 Å². The molecule has 0 bridgehead atoms. The van der Waals surface area contributed by atoms with Crippen molar-refractivity contribution in [2.45, 2.75) is 13.8 Å². The Labute approximate surface area is 170 Å². The summed E-state index contributed by atoms with van der Waals surface area (Å²) in [4.78, 5) is 36.7. The monoisotopic (exact) mass is 403 g/mol. The Bertz CT molecular complexity index is 1300. The maximum Gasteiger partial charge on any atom is 0.273 e. The highest BCUT2D eigenvalue weighted by Crippen LogP contribution is 2.34. The Hall–Kier alpha value is -3.58. The van der Waals surface area contributed by atoms with Crippen LogP contribution in [0.5, 0.6) is 0 Å². The summed E-state index contributed by atoms with van der Waals surface area (Å²) in [5.74, 6) is -0.384. The van der Waals surface area contributed by atoms with Gasteiger partial charge in [0.2, 0.25) is 11.7 Å². The van der Waals surface area contributed by atoms with E-state index in [4.69, 9.17) is 0 Å². The van der Waals surface area contributed by atoms with E-state index < -0.39 is 0 Å². The number of aromatic nitrogens is 2. The highest BCUT2D eigenvalue weighted by atomic mass is 32.1. The second kappa shape index (κ2) is 7.44. The number of hydrogen-bond donors (Lipinski definition) is 2. The molecule has 0 spiro atoms. The Morgan fingerprint density at radius 3 is 2.55 bits per heavy atom. The minimum atomic E-state index is -0.344. The third kappa shape index (κ3) is 3.60. The third-order valence-electron chi connectivity index (χ3n) is 4.51. The van der Waals surface area contributed by atoms with Gasteiger partial charge in [-0.25, -0.2) is 5.10 Å². The van der Waals surface area contributed by atoms with E-state index in [1.54, 1.807) is 24.3 Å². The van der Waals surface area contributed by atoms with Crippen LogP contribution in [0.2, 0.25) is 0 Å². The first-order valence-corrected chi connectivity index (χ1v) is 9.81. The predicted octanol–water partition coefficient (Wildman–Crippen LogP) is 4.15. The summed E-state index contributed by atoms with van der Waals surface area (Å²) in [6, 6.07) is 14.5. The summed E-state index contributed by atoms with van der Waals surface area (Å²) in [6.45, 7) is 3.36. The number of H-pyrrole nitrogens is 1. The van der Waals surface area contributed by atoms with Crippen LogP contribution in [0, 0.1) is 6.92 Å². The lowest BCUT2D eigenvalue weighted by molar-refractivity contribution is -0.114. The number of anilines is 1. The van der Waals surface area contributed by atoms with Crippen molar-refractivity contribution in [2.24, 2.45) is 0 Å². The Morgan fingerprint density at radius 2 is 1.86 bits per heavy atom. The SMILES string of the molecule is CC(=O)Nc1ccc(-c2csc3c(C(=O)c4cccc(C)c4)n[nH]c(=O)c23)cc1. The lowest BCUT2D eigenvalue weighted by Crippen LogP contribution is -2.14. The molecule has 0 radical (unpaired) electrons. The van der Waals surface area contributed by atoms with Crippen molar-refractivity contribution in [2.75, 3.05) is 5.32 Å². The topological polar surface area (TPSA) is 91.9 Å². The van der Waals surface area contributed by atoms with Crippen molar-refractivity contribution in [3.05, 3.63) is 81.1 Å². The van der Waals surface area contributed by atoms with Crippen LogP contribution in [0.1, 0.15) is 28.5 Å². The minimum Gasteiger partial charge on any atom is -0.326 e. The second-order valence-electron chi connectivity index (χ2n) is 6.71. The lowest BCUT2D eigenvalue weighted by Gasteiger charge is -2.05. The number of carbonyl (C=O) groups excluding carboxylic acids is 2. The van der Waals surface area contributed by atoms with Gasteiger partial charge in [-0.1, -0.05) is 35.9 Å². The van der Waals surface area contributed by atoms with Crippen molar-refractivity contribution in [3.8, 4) is 11.1 Å². The normalized spacial score (nSPS) is 10.8. The Morgan fingerprint density at radius 1 is 1.10 bits per heavy atom. The van der Waals surface area contributed by atoms with Gasteiger partial charge < -0.3 is 5.32 Å². The zero-order chi connectivity index (χ0) is 20.5. The molecular formula is C22H17N3O3S. The molecule has 4 rings (SSSR count). The van der Waals surface area contributed by atoms with Gasteiger partial charge in [-0.15, -0.1) is 11.3 Å². The number of nitrogens with zero attached hydrogens (tertiary/aromatic N) is 1. The molecule has 0 saturated carbocycles.